The van der Waals surface area contributed by atoms with Crippen molar-refractivity contribution in [2.24, 2.45) is 0 Å². The lowest BCUT2D eigenvalue weighted by Gasteiger charge is -2.29. The normalized spacial score (nSPS) is 20.4. The van der Waals surface area contributed by atoms with Crippen LogP contribution in [0.5, 0.6) is 0 Å². The number of rotatable bonds is 3. The SMILES string of the molecule is CC(NC1CCCc2ccccc21)c1ccoc1. The summed E-state index contributed by atoms with van der Waals surface area (Å²) in [5, 5.41) is 3.72. The minimum Gasteiger partial charge on any atom is -0.472 e. The van der Waals surface area contributed by atoms with Gasteiger partial charge in [0.25, 0.3) is 0 Å². The average molecular weight is 241 g/mol. The number of hydrogen-bond donors (Lipinski definition) is 1. The number of furan rings is 1. The fourth-order valence-corrected chi connectivity index (χ4v) is 2.85. The van der Waals surface area contributed by atoms with Crippen molar-refractivity contribution in [3.8, 4) is 0 Å². The van der Waals surface area contributed by atoms with Gasteiger partial charge in [0.05, 0.1) is 12.5 Å². The maximum atomic E-state index is 5.15. The van der Waals surface area contributed by atoms with E-state index in [-0.39, 0.29) is 0 Å². The zero-order chi connectivity index (χ0) is 12.4. The first kappa shape index (κ1) is 11.5. The fourth-order valence-electron chi connectivity index (χ4n) is 2.85. The molecule has 94 valence electrons. The molecule has 0 saturated carbocycles. The number of fused-ring (bicyclic) bond motifs is 1. The molecule has 3 rings (SSSR count). The molecule has 1 aliphatic rings. The van der Waals surface area contributed by atoms with Gasteiger partial charge >= 0.3 is 0 Å². The van der Waals surface area contributed by atoms with Crippen molar-refractivity contribution < 1.29 is 4.42 Å². The van der Waals surface area contributed by atoms with Crippen LogP contribution in [0.15, 0.2) is 47.3 Å². The van der Waals surface area contributed by atoms with Crippen LogP contribution < -0.4 is 5.32 Å². The first-order chi connectivity index (χ1) is 8.84. The van der Waals surface area contributed by atoms with Crippen LogP contribution in [0.25, 0.3) is 0 Å². The van der Waals surface area contributed by atoms with E-state index in [0.717, 1.165) is 0 Å². The molecular weight excluding hydrogens is 222 g/mol. The summed E-state index contributed by atoms with van der Waals surface area (Å²) >= 11 is 0. The maximum absolute atomic E-state index is 5.15. The standard InChI is InChI=1S/C16H19NO/c1-12(14-9-10-18-11-14)17-16-8-4-6-13-5-2-3-7-15(13)16/h2-3,5,7,9-12,16-17H,4,6,8H2,1H3. The number of hydrogen-bond acceptors (Lipinski definition) is 2. The number of benzene rings is 1. The molecule has 0 saturated heterocycles. The van der Waals surface area contributed by atoms with Crippen LogP contribution in [-0.4, -0.2) is 0 Å². The molecule has 0 spiro atoms. The van der Waals surface area contributed by atoms with E-state index in [0.29, 0.717) is 12.1 Å². The van der Waals surface area contributed by atoms with Crippen molar-refractivity contribution in [3.05, 3.63) is 59.5 Å². The second kappa shape index (κ2) is 4.99. The third-order valence-electron chi connectivity index (χ3n) is 3.86. The van der Waals surface area contributed by atoms with Gasteiger partial charge in [0.1, 0.15) is 0 Å². The molecule has 0 amide bonds. The summed E-state index contributed by atoms with van der Waals surface area (Å²) in [7, 11) is 0. The molecule has 2 unspecified atom stereocenters. The number of nitrogens with one attached hydrogen (secondary N) is 1. The highest BCUT2D eigenvalue weighted by molar-refractivity contribution is 5.32. The van der Waals surface area contributed by atoms with Gasteiger partial charge in [-0.15, -0.1) is 0 Å². The van der Waals surface area contributed by atoms with E-state index >= 15 is 0 Å². The molecule has 1 heterocycles. The lowest BCUT2D eigenvalue weighted by atomic mass is 9.87. The van der Waals surface area contributed by atoms with Crippen LogP contribution in [0.1, 0.15) is 48.5 Å². The molecule has 2 atom stereocenters. The van der Waals surface area contributed by atoms with Gasteiger partial charge in [-0.25, -0.2) is 0 Å². The van der Waals surface area contributed by atoms with E-state index in [1.807, 2.05) is 12.3 Å². The molecule has 1 aromatic heterocycles. The van der Waals surface area contributed by atoms with Gasteiger partial charge in [-0.05, 0) is 43.4 Å². The Morgan fingerprint density at radius 3 is 3.00 bits per heavy atom. The summed E-state index contributed by atoms with van der Waals surface area (Å²) in [4.78, 5) is 0. The van der Waals surface area contributed by atoms with E-state index in [1.165, 1.54) is 36.0 Å². The molecule has 0 aliphatic heterocycles. The van der Waals surface area contributed by atoms with Gasteiger partial charge < -0.3 is 9.73 Å². The summed E-state index contributed by atoms with van der Waals surface area (Å²) in [6.07, 6.45) is 7.27. The molecule has 0 bridgehead atoms. The van der Waals surface area contributed by atoms with Crippen molar-refractivity contribution in [1.29, 1.82) is 0 Å². The Morgan fingerprint density at radius 1 is 1.28 bits per heavy atom. The molecule has 2 nitrogen and oxygen atoms in total. The lowest BCUT2D eigenvalue weighted by Crippen LogP contribution is -2.27. The minimum atomic E-state index is 0.333. The third kappa shape index (κ3) is 2.21. The largest absolute Gasteiger partial charge is 0.472 e. The van der Waals surface area contributed by atoms with E-state index in [4.69, 9.17) is 4.42 Å². The molecular formula is C16H19NO. The van der Waals surface area contributed by atoms with Gasteiger partial charge in [0.15, 0.2) is 0 Å². The second-order valence-corrected chi connectivity index (χ2v) is 5.09. The first-order valence-electron chi connectivity index (χ1n) is 6.70. The Labute approximate surface area is 108 Å². The highest BCUT2D eigenvalue weighted by Gasteiger charge is 2.21. The molecule has 0 radical (unpaired) electrons. The predicted octanol–water partition coefficient (Wildman–Crippen LogP) is 4.01. The van der Waals surface area contributed by atoms with Crippen molar-refractivity contribution >= 4 is 0 Å². The van der Waals surface area contributed by atoms with Crippen LogP contribution in [0, 0.1) is 0 Å². The number of aryl methyl sites for hydroxylation is 1. The van der Waals surface area contributed by atoms with Gasteiger partial charge in [-0.1, -0.05) is 24.3 Å². The van der Waals surface area contributed by atoms with Crippen molar-refractivity contribution in [2.45, 2.75) is 38.3 Å². The Bertz CT molecular complexity index is 504. The minimum absolute atomic E-state index is 0.333. The zero-order valence-electron chi connectivity index (χ0n) is 10.7. The Hall–Kier alpha value is -1.54. The maximum Gasteiger partial charge on any atom is 0.0950 e. The quantitative estimate of drug-likeness (QED) is 0.878. The Balaban J connectivity index is 1.78. The summed E-state index contributed by atoms with van der Waals surface area (Å²) in [5.74, 6) is 0. The monoisotopic (exact) mass is 241 g/mol. The van der Waals surface area contributed by atoms with Crippen molar-refractivity contribution in [3.63, 3.8) is 0 Å². The molecule has 1 aliphatic carbocycles. The average Bonchev–Trinajstić information content (AvgIpc) is 2.93. The molecule has 18 heavy (non-hydrogen) atoms. The first-order valence-corrected chi connectivity index (χ1v) is 6.70. The second-order valence-electron chi connectivity index (χ2n) is 5.09. The van der Waals surface area contributed by atoms with Crippen molar-refractivity contribution in [2.75, 3.05) is 0 Å². The van der Waals surface area contributed by atoms with Gasteiger partial charge in [0.2, 0.25) is 0 Å². The van der Waals surface area contributed by atoms with E-state index in [2.05, 4.69) is 36.5 Å². The van der Waals surface area contributed by atoms with Gasteiger partial charge in [-0.3, -0.25) is 0 Å². The third-order valence-corrected chi connectivity index (χ3v) is 3.86. The van der Waals surface area contributed by atoms with Crippen LogP contribution in [0.3, 0.4) is 0 Å². The van der Waals surface area contributed by atoms with Gasteiger partial charge in [-0.2, -0.15) is 0 Å². The van der Waals surface area contributed by atoms with Crippen molar-refractivity contribution in [1.82, 2.24) is 5.32 Å². The lowest BCUT2D eigenvalue weighted by molar-refractivity contribution is 0.413. The van der Waals surface area contributed by atoms with Crippen LogP contribution in [-0.2, 0) is 6.42 Å². The zero-order valence-corrected chi connectivity index (χ0v) is 10.7. The van der Waals surface area contributed by atoms with Crippen LogP contribution >= 0.6 is 0 Å². The Morgan fingerprint density at radius 2 is 2.17 bits per heavy atom. The van der Waals surface area contributed by atoms with Crippen LogP contribution in [0.4, 0.5) is 0 Å². The highest BCUT2D eigenvalue weighted by Crippen LogP contribution is 2.31. The summed E-state index contributed by atoms with van der Waals surface area (Å²) in [6.45, 7) is 2.20. The Kier molecular flexibility index (Phi) is 3.20. The van der Waals surface area contributed by atoms with E-state index in [9.17, 15) is 0 Å². The van der Waals surface area contributed by atoms with E-state index < -0.39 is 0 Å². The van der Waals surface area contributed by atoms with E-state index in [1.54, 1.807) is 6.26 Å². The van der Waals surface area contributed by atoms with Crippen LogP contribution in [0.2, 0.25) is 0 Å². The topological polar surface area (TPSA) is 25.2 Å². The summed E-state index contributed by atoms with van der Waals surface area (Å²) < 4.78 is 5.15. The summed E-state index contributed by atoms with van der Waals surface area (Å²) in [6, 6.07) is 11.6. The molecule has 2 aromatic rings. The molecule has 1 N–H and O–H groups in total. The molecule has 1 aromatic carbocycles. The highest BCUT2D eigenvalue weighted by atomic mass is 16.3. The fraction of sp³-hybridized carbons (Fsp3) is 0.375. The smallest absolute Gasteiger partial charge is 0.0950 e. The van der Waals surface area contributed by atoms with Gasteiger partial charge in [0, 0.05) is 17.6 Å². The predicted molar refractivity (Wildman–Crippen MR) is 72.4 cm³/mol. The molecule has 0 fully saturated rings. The summed E-state index contributed by atoms with van der Waals surface area (Å²) in [5.41, 5.74) is 4.19. The molecule has 2 heteroatoms.